The maximum Gasteiger partial charge on any atom is 0.340 e. The second-order valence-electron chi connectivity index (χ2n) is 13.1. The molecule has 0 radical (unpaired) electrons. The minimum Gasteiger partial charge on any atom is -0.494 e. The van der Waals surface area contributed by atoms with Gasteiger partial charge in [0.25, 0.3) is 0 Å². The summed E-state index contributed by atoms with van der Waals surface area (Å²) >= 11 is 3.57. The van der Waals surface area contributed by atoms with Crippen LogP contribution in [0, 0.1) is 0 Å². The Morgan fingerprint density at radius 3 is 2.46 bits per heavy atom. The van der Waals surface area contributed by atoms with Gasteiger partial charge >= 0.3 is 7.80 Å². The highest BCUT2D eigenvalue weighted by atomic mass is 79.9. The molecule has 2 aliphatic rings. The summed E-state index contributed by atoms with van der Waals surface area (Å²) in [6, 6.07) is 12.8. The zero-order valence-corrected chi connectivity index (χ0v) is 32.0. The number of piperidine rings is 1. The van der Waals surface area contributed by atoms with Gasteiger partial charge in [-0.1, -0.05) is 29.7 Å². The third kappa shape index (κ3) is 8.72. The van der Waals surface area contributed by atoms with E-state index in [1.165, 1.54) is 37.2 Å². The molecule has 4 aromatic rings. The topological polar surface area (TPSA) is 112 Å². The number of hydrogen-bond donors (Lipinski definition) is 1. The van der Waals surface area contributed by atoms with E-state index in [2.05, 4.69) is 77.0 Å². The molecule has 2 saturated heterocycles. The van der Waals surface area contributed by atoms with Crippen LogP contribution in [-0.2, 0) is 17.1 Å². The van der Waals surface area contributed by atoms with Crippen molar-refractivity contribution in [3.63, 3.8) is 0 Å². The summed E-state index contributed by atoms with van der Waals surface area (Å²) in [6.07, 6.45) is 9.01. The summed E-state index contributed by atoms with van der Waals surface area (Å²) in [6.45, 7) is 12.6. The number of nitrogens with zero attached hydrogens (tertiary/aromatic N) is 8. The van der Waals surface area contributed by atoms with Gasteiger partial charge in [-0.2, -0.15) is 4.98 Å². The Labute approximate surface area is 304 Å². The molecular weight excluding hydrogens is 713 g/mol. The molecule has 1 atom stereocenters. The van der Waals surface area contributed by atoms with Crippen LogP contribution >= 0.6 is 23.7 Å². The van der Waals surface area contributed by atoms with E-state index in [1.54, 1.807) is 32.4 Å². The summed E-state index contributed by atoms with van der Waals surface area (Å²) in [7, 11) is 2.65. The summed E-state index contributed by atoms with van der Waals surface area (Å²) < 4.78 is 18.3. The number of halogens is 1. The van der Waals surface area contributed by atoms with E-state index in [1.807, 2.05) is 31.2 Å². The van der Waals surface area contributed by atoms with Crippen molar-refractivity contribution in [2.24, 2.45) is 4.99 Å². The number of aryl methyl sites for hydroxylation is 1. The van der Waals surface area contributed by atoms with E-state index in [9.17, 15) is 4.57 Å². The van der Waals surface area contributed by atoms with Crippen LogP contribution in [0.4, 0.5) is 23.1 Å². The van der Waals surface area contributed by atoms with Gasteiger partial charge in [0.05, 0.1) is 23.0 Å². The van der Waals surface area contributed by atoms with Crippen molar-refractivity contribution in [1.82, 2.24) is 29.7 Å². The Kier molecular flexibility index (Phi) is 11.8. The Balaban J connectivity index is 1.16. The number of ether oxygens (including phenoxy) is 1. The molecule has 13 heteroatoms. The molecule has 4 heterocycles. The van der Waals surface area contributed by atoms with Gasteiger partial charge in [-0.3, -0.25) is 4.90 Å². The molecule has 2 aromatic heterocycles. The Morgan fingerprint density at radius 2 is 1.78 bits per heavy atom. The molecule has 0 aliphatic carbocycles. The predicted molar refractivity (Wildman–Crippen MR) is 206 cm³/mol. The number of likely N-dealkylation sites (N-methyl/N-ethyl adjacent to an activating group) is 1. The highest BCUT2D eigenvalue weighted by Gasteiger charge is 2.28. The number of rotatable bonds is 11. The van der Waals surface area contributed by atoms with Gasteiger partial charge < -0.3 is 19.9 Å². The zero-order chi connectivity index (χ0) is 35.2. The third-order valence-corrected chi connectivity index (χ3v) is 10.9. The van der Waals surface area contributed by atoms with Gasteiger partial charge in [-0.25, -0.2) is 19.9 Å². The van der Waals surface area contributed by atoms with Crippen LogP contribution in [0.15, 0.2) is 64.5 Å². The molecule has 2 aromatic carbocycles. The normalized spacial score (nSPS) is 16.8. The van der Waals surface area contributed by atoms with E-state index in [-0.39, 0.29) is 0 Å². The fourth-order valence-electron chi connectivity index (χ4n) is 6.69. The molecule has 0 amide bonds. The lowest BCUT2D eigenvalue weighted by molar-refractivity contribution is 0.0982. The van der Waals surface area contributed by atoms with Crippen molar-refractivity contribution in [3.05, 3.63) is 76.2 Å². The van der Waals surface area contributed by atoms with Gasteiger partial charge in [0.15, 0.2) is 17.8 Å². The van der Waals surface area contributed by atoms with Crippen LogP contribution in [0.2, 0.25) is 0 Å². The number of piperazine rings is 1. The summed E-state index contributed by atoms with van der Waals surface area (Å²) in [5.41, 5.74) is 6.69. The average molecular weight is 760 g/mol. The zero-order valence-electron chi connectivity index (χ0n) is 29.6. The number of methoxy groups -OCH3 is 1. The summed E-state index contributed by atoms with van der Waals surface area (Å²) in [4.78, 5) is 30.9. The lowest BCUT2D eigenvalue weighted by Crippen LogP contribution is -2.52. The first-order valence-corrected chi connectivity index (χ1v) is 19.9. The number of nitrogens with one attached hydrogen (secondary N) is 1. The molecular formula is C37H46BrN9O2P+. The number of benzene rings is 2. The van der Waals surface area contributed by atoms with Gasteiger partial charge in [0.1, 0.15) is 12.4 Å². The monoisotopic (exact) mass is 758 g/mol. The standard InChI is InChI=1S/C37H46BrN9O2P/c1-6-27-19-32(34(49-4)20-33(27)47-12-10-30(11-13-47)46-16-14-45(3)15-17-46)43-37-41-23-31(38)36(44-37)42-25(2)29-21-39-35(40-22-29)28-9-7-8-26(18-28)24-50(5)48/h7-9,18-23,30H,6,10-17,24H2,1-5H3,(H,41,43,44)/q+1. The maximum atomic E-state index is 11.7. The number of aromatic nitrogens is 4. The number of aliphatic imine (C=N–C) groups is 1. The van der Waals surface area contributed by atoms with Crippen LogP contribution < -0.4 is 15.0 Å². The van der Waals surface area contributed by atoms with E-state index >= 15 is 0 Å². The fourth-order valence-corrected chi connectivity index (χ4v) is 7.68. The lowest BCUT2D eigenvalue weighted by atomic mass is 9.99. The highest BCUT2D eigenvalue weighted by molar-refractivity contribution is 9.10. The van der Waals surface area contributed by atoms with E-state index in [0.717, 1.165) is 60.7 Å². The van der Waals surface area contributed by atoms with Crippen LogP contribution in [0.1, 0.15) is 43.4 Å². The molecule has 2 aliphatic heterocycles. The lowest BCUT2D eigenvalue weighted by Gasteiger charge is -2.43. The first-order chi connectivity index (χ1) is 24.2. The summed E-state index contributed by atoms with van der Waals surface area (Å²) in [5, 5.41) is 3.39. The quantitative estimate of drug-likeness (QED) is 0.123. The molecule has 50 heavy (non-hydrogen) atoms. The van der Waals surface area contributed by atoms with Crippen molar-refractivity contribution < 1.29 is 9.30 Å². The first-order valence-electron chi connectivity index (χ1n) is 17.2. The largest absolute Gasteiger partial charge is 0.494 e. The SMILES string of the molecule is CCc1cc(Nc2ncc(Br)c(N=C(C)c3cnc(-c4cccc(C[P+](C)=O)c4)nc3)n2)c(OC)cc1N1CCC(N2CCN(C)CC2)CC1. The van der Waals surface area contributed by atoms with Crippen molar-refractivity contribution in [1.29, 1.82) is 0 Å². The molecule has 1 unspecified atom stereocenters. The van der Waals surface area contributed by atoms with Gasteiger partial charge in [-0.05, 0) is 66.9 Å². The second-order valence-corrected chi connectivity index (χ2v) is 15.5. The van der Waals surface area contributed by atoms with E-state index in [0.29, 0.717) is 40.0 Å². The molecule has 6 rings (SSSR count). The van der Waals surface area contributed by atoms with Gasteiger partial charge in [-0.15, -0.1) is 0 Å². The first kappa shape index (κ1) is 36.0. The van der Waals surface area contributed by atoms with Crippen molar-refractivity contribution in [3.8, 4) is 17.1 Å². The predicted octanol–water partition coefficient (Wildman–Crippen LogP) is 7.32. The summed E-state index contributed by atoms with van der Waals surface area (Å²) in [5.74, 6) is 2.25. The van der Waals surface area contributed by atoms with E-state index in [4.69, 9.17) is 14.7 Å². The third-order valence-electron chi connectivity index (χ3n) is 9.55. The molecule has 0 spiro atoms. The van der Waals surface area contributed by atoms with Crippen molar-refractivity contribution in [2.45, 2.75) is 45.3 Å². The van der Waals surface area contributed by atoms with Crippen molar-refractivity contribution in [2.75, 3.05) is 70.3 Å². The second kappa shape index (κ2) is 16.5. The van der Waals surface area contributed by atoms with Crippen molar-refractivity contribution >= 4 is 52.6 Å². The van der Waals surface area contributed by atoms with Crippen LogP contribution in [0.3, 0.4) is 0 Å². The molecule has 11 nitrogen and oxygen atoms in total. The average Bonchev–Trinajstić information content (AvgIpc) is 3.13. The number of anilines is 3. The maximum absolute atomic E-state index is 11.7. The Morgan fingerprint density at radius 1 is 1.04 bits per heavy atom. The minimum absolute atomic E-state index is 0.418. The molecule has 0 bridgehead atoms. The van der Waals surface area contributed by atoms with Crippen LogP contribution in [-0.4, -0.2) is 102 Å². The Hall–Kier alpha value is -3.83. The van der Waals surface area contributed by atoms with E-state index < -0.39 is 7.80 Å². The highest BCUT2D eigenvalue weighted by Crippen LogP contribution is 2.37. The fraction of sp³-hybridized carbons (Fsp3) is 0.432. The van der Waals surface area contributed by atoms with Gasteiger partial charge in [0.2, 0.25) is 5.95 Å². The molecule has 0 saturated carbocycles. The smallest absolute Gasteiger partial charge is 0.340 e. The van der Waals surface area contributed by atoms with Crippen LogP contribution in [0.5, 0.6) is 5.75 Å². The molecule has 1 N–H and O–H groups in total. The van der Waals surface area contributed by atoms with Crippen LogP contribution in [0.25, 0.3) is 11.4 Å². The molecule has 2 fully saturated rings. The number of hydrogen-bond acceptors (Lipinski definition) is 11. The minimum atomic E-state index is -1.27. The van der Waals surface area contributed by atoms with Gasteiger partial charge in [0, 0.05) is 92.3 Å². The molecule has 262 valence electrons. The Bertz CT molecular complexity index is 1840.